The number of aromatic nitrogens is 1. The second kappa shape index (κ2) is 9.78. The van der Waals surface area contributed by atoms with Crippen molar-refractivity contribution < 1.29 is 4.74 Å². The lowest BCUT2D eigenvalue weighted by atomic mass is 10.1. The first-order valence-electron chi connectivity index (χ1n) is 7.97. The number of pyridine rings is 1. The molecule has 0 aliphatic rings. The number of guanidine groups is 1. The second-order valence-electron chi connectivity index (χ2n) is 5.17. The van der Waals surface area contributed by atoms with Crippen molar-refractivity contribution in [2.75, 3.05) is 20.2 Å². The summed E-state index contributed by atoms with van der Waals surface area (Å²) in [5.74, 6) is 1.38. The summed E-state index contributed by atoms with van der Waals surface area (Å²) in [7, 11) is 1.60. The number of halogens is 1. The quantitative estimate of drug-likeness (QED) is 0.597. The fraction of sp³-hybridized carbons (Fsp3) is 0.333. The third-order valence-electron chi connectivity index (χ3n) is 3.42. The maximum Gasteiger partial charge on any atom is 0.212 e. The standard InChI is InChI=1S/C18H23ClN4O/c1-3-20-18(21-11-10-15-6-4-5-7-16(15)19)23-13-14-8-9-17(24-2)22-12-14/h4-9,12H,3,10-11,13H2,1-2H3,(H2,20,21,23). The molecule has 0 aliphatic carbocycles. The molecule has 2 aromatic rings. The van der Waals surface area contributed by atoms with Crippen molar-refractivity contribution in [1.82, 2.24) is 15.6 Å². The maximum absolute atomic E-state index is 6.18. The molecule has 0 saturated heterocycles. The molecular formula is C18H23ClN4O. The van der Waals surface area contributed by atoms with Gasteiger partial charge >= 0.3 is 0 Å². The van der Waals surface area contributed by atoms with Gasteiger partial charge in [0.05, 0.1) is 13.7 Å². The number of benzene rings is 1. The highest BCUT2D eigenvalue weighted by molar-refractivity contribution is 6.31. The average Bonchev–Trinajstić information content (AvgIpc) is 2.61. The van der Waals surface area contributed by atoms with Crippen LogP contribution in [0.15, 0.2) is 47.6 Å². The van der Waals surface area contributed by atoms with E-state index < -0.39 is 0 Å². The molecule has 24 heavy (non-hydrogen) atoms. The Hall–Kier alpha value is -2.27. The Morgan fingerprint density at radius 1 is 1.21 bits per heavy atom. The minimum atomic E-state index is 0.554. The van der Waals surface area contributed by atoms with Crippen LogP contribution < -0.4 is 15.4 Å². The molecule has 1 heterocycles. The van der Waals surface area contributed by atoms with Crippen LogP contribution in [0.1, 0.15) is 18.1 Å². The molecule has 5 nitrogen and oxygen atoms in total. The summed E-state index contributed by atoms with van der Waals surface area (Å²) in [4.78, 5) is 8.76. The van der Waals surface area contributed by atoms with Crippen LogP contribution in [0.2, 0.25) is 5.02 Å². The van der Waals surface area contributed by atoms with E-state index >= 15 is 0 Å². The first-order valence-corrected chi connectivity index (χ1v) is 8.35. The van der Waals surface area contributed by atoms with Crippen molar-refractivity contribution in [1.29, 1.82) is 0 Å². The van der Waals surface area contributed by atoms with E-state index in [4.69, 9.17) is 16.3 Å². The first kappa shape index (κ1) is 18.1. The van der Waals surface area contributed by atoms with Crippen molar-refractivity contribution in [2.24, 2.45) is 4.99 Å². The van der Waals surface area contributed by atoms with Crippen LogP contribution >= 0.6 is 11.6 Å². The SMILES string of the molecule is CCNC(=NCc1ccc(OC)nc1)NCCc1ccccc1Cl. The van der Waals surface area contributed by atoms with Gasteiger partial charge in [0.1, 0.15) is 0 Å². The van der Waals surface area contributed by atoms with Gasteiger partial charge in [-0.1, -0.05) is 35.9 Å². The lowest BCUT2D eigenvalue weighted by Gasteiger charge is -2.12. The number of hydrogen-bond acceptors (Lipinski definition) is 3. The van der Waals surface area contributed by atoms with E-state index in [-0.39, 0.29) is 0 Å². The number of hydrogen-bond donors (Lipinski definition) is 2. The normalized spacial score (nSPS) is 11.2. The van der Waals surface area contributed by atoms with Gasteiger partial charge in [-0.05, 0) is 30.5 Å². The Morgan fingerprint density at radius 3 is 2.71 bits per heavy atom. The molecule has 6 heteroatoms. The maximum atomic E-state index is 6.18. The lowest BCUT2D eigenvalue weighted by Crippen LogP contribution is -2.38. The average molecular weight is 347 g/mol. The van der Waals surface area contributed by atoms with Crippen molar-refractivity contribution >= 4 is 17.6 Å². The van der Waals surface area contributed by atoms with Crippen molar-refractivity contribution in [3.8, 4) is 5.88 Å². The molecule has 2 rings (SSSR count). The van der Waals surface area contributed by atoms with Crippen LogP contribution in [0.4, 0.5) is 0 Å². The summed E-state index contributed by atoms with van der Waals surface area (Å²) in [6.07, 6.45) is 2.61. The third-order valence-corrected chi connectivity index (χ3v) is 3.78. The highest BCUT2D eigenvalue weighted by Crippen LogP contribution is 2.14. The molecule has 0 bridgehead atoms. The molecule has 0 spiro atoms. The molecule has 0 aliphatic heterocycles. The van der Waals surface area contributed by atoms with E-state index in [1.807, 2.05) is 43.3 Å². The Morgan fingerprint density at radius 2 is 2.04 bits per heavy atom. The van der Waals surface area contributed by atoms with Gasteiger partial charge in [-0.2, -0.15) is 0 Å². The zero-order valence-corrected chi connectivity index (χ0v) is 14.8. The van der Waals surface area contributed by atoms with Crippen LogP contribution in [0.5, 0.6) is 5.88 Å². The summed E-state index contributed by atoms with van der Waals surface area (Å²) in [5, 5.41) is 7.36. The fourth-order valence-corrected chi connectivity index (χ4v) is 2.38. The minimum absolute atomic E-state index is 0.554. The molecule has 128 valence electrons. The van der Waals surface area contributed by atoms with E-state index in [9.17, 15) is 0 Å². The Labute approximate surface area is 148 Å². The smallest absolute Gasteiger partial charge is 0.212 e. The number of rotatable bonds is 7. The highest BCUT2D eigenvalue weighted by Gasteiger charge is 2.01. The van der Waals surface area contributed by atoms with E-state index in [1.165, 1.54) is 0 Å². The number of nitrogens with zero attached hydrogens (tertiary/aromatic N) is 2. The van der Waals surface area contributed by atoms with Gasteiger partial charge in [-0.15, -0.1) is 0 Å². The monoisotopic (exact) mass is 346 g/mol. The molecule has 0 atom stereocenters. The Bertz CT molecular complexity index is 658. The van der Waals surface area contributed by atoms with Gasteiger partial charge < -0.3 is 15.4 Å². The van der Waals surface area contributed by atoms with Crippen molar-refractivity contribution in [3.63, 3.8) is 0 Å². The fourth-order valence-electron chi connectivity index (χ4n) is 2.15. The predicted molar refractivity (Wildman–Crippen MR) is 98.8 cm³/mol. The number of methoxy groups -OCH3 is 1. The van der Waals surface area contributed by atoms with Crippen LogP contribution in [-0.4, -0.2) is 31.1 Å². The molecule has 0 amide bonds. The molecule has 0 unspecified atom stereocenters. The summed E-state index contributed by atoms with van der Waals surface area (Å²) in [6.45, 7) is 4.16. The third kappa shape index (κ3) is 5.74. The molecule has 0 saturated carbocycles. The zero-order valence-electron chi connectivity index (χ0n) is 14.1. The zero-order chi connectivity index (χ0) is 17.2. The molecule has 0 radical (unpaired) electrons. The largest absolute Gasteiger partial charge is 0.481 e. The number of nitrogens with one attached hydrogen (secondary N) is 2. The van der Waals surface area contributed by atoms with E-state index in [2.05, 4.69) is 20.6 Å². The summed E-state index contributed by atoms with van der Waals surface area (Å²) < 4.78 is 5.06. The lowest BCUT2D eigenvalue weighted by molar-refractivity contribution is 0.397. The van der Waals surface area contributed by atoms with Crippen molar-refractivity contribution in [3.05, 3.63) is 58.7 Å². The number of ether oxygens (including phenoxy) is 1. The van der Waals surface area contributed by atoms with Gasteiger partial charge in [0.2, 0.25) is 5.88 Å². The minimum Gasteiger partial charge on any atom is -0.481 e. The van der Waals surface area contributed by atoms with Gasteiger partial charge in [0, 0.05) is 30.4 Å². The summed E-state index contributed by atoms with van der Waals surface area (Å²) in [5.41, 5.74) is 2.15. The summed E-state index contributed by atoms with van der Waals surface area (Å²) in [6, 6.07) is 11.7. The summed E-state index contributed by atoms with van der Waals surface area (Å²) >= 11 is 6.18. The Kier molecular flexibility index (Phi) is 7.36. The molecule has 2 N–H and O–H groups in total. The van der Waals surface area contributed by atoms with Crippen LogP contribution in [0, 0.1) is 0 Å². The van der Waals surface area contributed by atoms with Gasteiger partial charge in [-0.3, -0.25) is 0 Å². The van der Waals surface area contributed by atoms with Gasteiger partial charge in [0.15, 0.2) is 5.96 Å². The second-order valence-corrected chi connectivity index (χ2v) is 5.58. The van der Waals surface area contributed by atoms with E-state index in [0.29, 0.717) is 12.4 Å². The van der Waals surface area contributed by atoms with E-state index in [0.717, 1.165) is 41.6 Å². The first-order chi connectivity index (χ1) is 11.7. The van der Waals surface area contributed by atoms with Gasteiger partial charge in [0.25, 0.3) is 0 Å². The Balaban J connectivity index is 1.89. The molecule has 1 aromatic heterocycles. The predicted octanol–water partition coefficient (Wildman–Crippen LogP) is 3.04. The van der Waals surface area contributed by atoms with Crippen molar-refractivity contribution in [2.45, 2.75) is 19.9 Å². The topological polar surface area (TPSA) is 58.5 Å². The van der Waals surface area contributed by atoms with Crippen LogP contribution in [0.25, 0.3) is 0 Å². The van der Waals surface area contributed by atoms with Crippen LogP contribution in [0.3, 0.4) is 0 Å². The number of aliphatic imine (C=N–C) groups is 1. The molecule has 1 aromatic carbocycles. The molecular weight excluding hydrogens is 324 g/mol. The van der Waals surface area contributed by atoms with Crippen LogP contribution in [-0.2, 0) is 13.0 Å². The van der Waals surface area contributed by atoms with Gasteiger partial charge in [-0.25, -0.2) is 9.98 Å². The van der Waals surface area contributed by atoms with E-state index in [1.54, 1.807) is 13.3 Å². The molecule has 0 fully saturated rings. The highest BCUT2D eigenvalue weighted by atomic mass is 35.5.